The van der Waals surface area contributed by atoms with E-state index in [0.29, 0.717) is 41.7 Å². The van der Waals surface area contributed by atoms with E-state index in [1.54, 1.807) is 18.2 Å². The first-order valence-electron chi connectivity index (χ1n) is 7.27. The van der Waals surface area contributed by atoms with E-state index < -0.39 is 17.8 Å². The molecule has 1 amide bonds. The Labute approximate surface area is 149 Å². The summed E-state index contributed by atoms with van der Waals surface area (Å²) in [7, 11) is 0. The van der Waals surface area contributed by atoms with Gasteiger partial charge in [-0.3, -0.25) is 9.59 Å². The zero-order valence-corrected chi connectivity index (χ0v) is 14.1. The molecule has 0 saturated carbocycles. The number of carbonyl (C=O) groups excluding carboxylic acids is 1. The Morgan fingerprint density at radius 3 is 2.38 bits per heavy atom. The molecular weight excluding hydrogens is 353 g/mol. The first-order chi connectivity index (χ1) is 11.4. The van der Waals surface area contributed by atoms with E-state index in [1.807, 2.05) is 6.07 Å². The standard InChI is InChI=1S/C16H15Cl2N3O3/c17-12-2-1-3-13(18)14(12)20-9-11(8-19)15(22)21-6-4-10(5-7-21)16(23)24/h1-3,9-10,20H,4-7H2,(H,23,24)/b11-9-. The number of para-hydroxylation sites is 1. The Kier molecular flexibility index (Phi) is 6.07. The minimum absolute atomic E-state index is 0.0974. The maximum atomic E-state index is 12.4. The predicted molar refractivity (Wildman–Crippen MR) is 90.7 cm³/mol. The van der Waals surface area contributed by atoms with Crippen LogP contribution in [0.1, 0.15) is 12.8 Å². The van der Waals surface area contributed by atoms with Gasteiger partial charge < -0.3 is 15.3 Å². The van der Waals surface area contributed by atoms with Gasteiger partial charge in [0.15, 0.2) is 0 Å². The van der Waals surface area contributed by atoms with Crippen molar-refractivity contribution in [3.05, 3.63) is 40.0 Å². The smallest absolute Gasteiger partial charge is 0.306 e. The fraction of sp³-hybridized carbons (Fsp3) is 0.312. The first kappa shape index (κ1) is 18.1. The number of nitriles is 1. The Hall–Kier alpha value is -2.23. The third kappa shape index (κ3) is 4.19. The highest BCUT2D eigenvalue weighted by atomic mass is 35.5. The quantitative estimate of drug-likeness (QED) is 0.629. The summed E-state index contributed by atoms with van der Waals surface area (Å²) < 4.78 is 0. The summed E-state index contributed by atoms with van der Waals surface area (Å²) in [5.41, 5.74) is 0.311. The van der Waals surface area contributed by atoms with Crippen molar-refractivity contribution in [1.82, 2.24) is 4.90 Å². The number of nitrogens with one attached hydrogen (secondary N) is 1. The van der Waals surface area contributed by atoms with Gasteiger partial charge in [-0.2, -0.15) is 5.26 Å². The number of rotatable bonds is 4. The van der Waals surface area contributed by atoms with Crippen molar-refractivity contribution < 1.29 is 14.7 Å². The molecule has 1 aromatic carbocycles. The van der Waals surface area contributed by atoms with Crippen molar-refractivity contribution in [1.29, 1.82) is 5.26 Å². The lowest BCUT2D eigenvalue weighted by atomic mass is 9.97. The molecule has 1 saturated heterocycles. The number of aliphatic carboxylic acids is 1. The number of carboxylic acids is 1. The zero-order chi connectivity index (χ0) is 17.7. The van der Waals surface area contributed by atoms with Crippen LogP contribution in [-0.2, 0) is 9.59 Å². The van der Waals surface area contributed by atoms with Crippen LogP contribution in [0.5, 0.6) is 0 Å². The van der Waals surface area contributed by atoms with Gasteiger partial charge in [-0.15, -0.1) is 0 Å². The number of amides is 1. The summed E-state index contributed by atoms with van der Waals surface area (Å²) in [6, 6.07) is 6.80. The SMILES string of the molecule is N#C/C(=C/Nc1c(Cl)cccc1Cl)C(=O)N1CCC(C(=O)O)CC1. The second-order valence-corrected chi connectivity index (χ2v) is 6.13. The second-order valence-electron chi connectivity index (χ2n) is 5.32. The molecule has 1 heterocycles. The van der Waals surface area contributed by atoms with E-state index in [9.17, 15) is 14.9 Å². The number of carbonyl (C=O) groups is 2. The van der Waals surface area contributed by atoms with Crippen molar-refractivity contribution >= 4 is 40.8 Å². The normalized spacial score (nSPS) is 15.7. The van der Waals surface area contributed by atoms with E-state index in [-0.39, 0.29) is 5.57 Å². The summed E-state index contributed by atoms with van der Waals surface area (Å²) in [6.07, 6.45) is 2.02. The van der Waals surface area contributed by atoms with Crippen LogP contribution in [0.25, 0.3) is 0 Å². The molecule has 2 rings (SSSR count). The van der Waals surface area contributed by atoms with Crippen LogP contribution in [0.2, 0.25) is 10.0 Å². The molecule has 1 aromatic rings. The summed E-state index contributed by atoms with van der Waals surface area (Å²) in [5, 5.41) is 21.7. The van der Waals surface area contributed by atoms with E-state index in [2.05, 4.69) is 5.32 Å². The number of halogens is 2. The monoisotopic (exact) mass is 367 g/mol. The van der Waals surface area contributed by atoms with Gasteiger partial charge in [0.1, 0.15) is 11.6 Å². The third-order valence-corrected chi connectivity index (χ3v) is 4.44. The fourth-order valence-corrected chi connectivity index (χ4v) is 2.93. The van der Waals surface area contributed by atoms with E-state index in [1.165, 1.54) is 11.1 Å². The van der Waals surface area contributed by atoms with Crippen molar-refractivity contribution in [2.24, 2.45) is 5.92 Å². The molecule has 126 valence electrons. The molecule has 0 aromatic heterocycles. The molecule has 2 N–H and O–H groups in total. The van der Waals surface area contributed by atoms with Crippen LogP contribution in [0.4, 0.5) is 5.69 Å². The van der Waals surface area contributed by atoms with Crippen LogP contribution in [0, 0.1) is 17.2 Å². The topological polar surface area (TPSA) is 93.4 Å². The van der Waals surface area contributed by atoms with Crippen molar-refractivity contribution in [2.45, 2.75) is 12.8 Å². The molecule has 0 aliphatic carbocycles. The summed E-state index contributed by atoms with van der Waals surface area (Å²) in [6.45, 7) is 0.614. The number of piperidine rings is 1. The first-order valence-corrected chi connectivity index (χ1v) is 8.02. The molecule has 8 heteroatoms. The third-order valence-electron chi connectivity index (χ3n) is 3.81. The molecule has 6 nitrogen and oxygen atoms in total. The molecule has 0 bridgehead atoms. The number of benzene rings is 1. The molecular formula is C16H15Cl2N3O3. The van der Waals surface area contributed by atoms with Crippen LogP contribution in [0.15, 0.2) is 30.0 Å². The van der Waals surface area contributed by atoms with Gasteiger partial charge in [0.25, 0.3) is 5.91 Å². The minimum atomic E-state index is -0.854. The lowest BCUT2D eigenvalue weighted by Crippen LogP contribution is -2.40. The zero-order valence-electron chi connectivity index (χ0n) is 12.6. The molecule has 1 fully saturated rings. The summed E-state index contributed by atoms with van der Waals surface area (Å²) in [5.74, 6) is -1.74. The Balaban J connectivity index is 2.07. The van der Waals surface area contributed by atoms with E-state index >= 15 is 0 Å². The van der Waals surface area contributed by atoms with Gasteiger partial charge >= 0.3 is 5.97 Å². The second kappa shape index (κ2) is 8.04. The number of nitrogens with zero attached hydrogens (tertiary/aromatic N) is 2. The average Bonchev–Trinajstić information content (AvgIpc) is 2.57. The van der Waals surface area contributed by atoms with Gasteiger partial charge in [-0.05, 0) is 25.0 Å². The molecule has 0 spiro atoms. The minimum Gasteiger partial charge on any atom is -0.481 e. The maximum Gasteiger partial charge on any atom is 0.306 e. The molecule has 1 aliphatic heterocycles. The Morgan fingerprint density at radius 2 is 1.88 bits per heavy atom. The van der Waals surface area contributed by atoms with Crippen molar-refractivity contribution in [3.8, 4) is 6.07 Å². The molecule has 24 heavy (non-hydrogen) atoms. The van der Waals surface area contributed by atoms with Crippen LogP contribution >= 0.6 is 23.2 Å². The lowest BCUT2D eigenvalue weighted by molar-refractivity contribution is -0.145. The van der Waals surface area contributed by atoms with Gasteiger partial charge in [0, 0.05) is 19.3 Å². The van der Waals surface area contributed by atoms with Crippen LogP contribution in [-0.4, -0.2) is 35.0 Å². The van der Waals surface area contributed by atoms with Crippen LogP contribution < -0.4 is 5.32 Å². The predicted octanol–water partition coefficient (Wildman–Crippen LogP) is 3.14. The fourth-order valence-electron chi connectivity index (χ4n) is 2.42. The highest BCUT2D eigenvalue weighted by Crippen LogP contribution is 2.30. The summed E-state index contributed by atoms with van der Waals surface area (Å²) in [4.78, 5) is 24.8. The van der Waals surface area contributed by atoms with E-state index in [0.717, 1.165) is 0 Å². The number of hydrogen-bond acceptors (Lipinski definition) is 4. The Bertz CT molecular complexity index is 700. The Morgan fingerprint density at radius 1 is 1.29 bits per heavy atom. The van der Waals surface area contributed by atoms with Gasteiger partial charge in [0.2, 0.25) is 0 Å². The highest BCUT2D eigenvalue weighted by Gasteiger charge is 2.28. The van der Waals surface area contributed by atoms with Gasteiger partial charge in [0.05, 0.1) is 21.7 Å². The van der Waals surface area contributed by atoms with E-state index in [4.69, 9.17) is 28.3 Å². The number of likely N-dealkylation sites (tertiary alicyclic amines) is 1. The van der Waals surface area contributed by atoms with Crippen molar-refractivity contribution in [3.63, 3.8) is 0 Å². The van der Waals surface area contributed by atoms with Gasteiger partial charge in [-0.25, -0.2) is 0 Å². The number of carboxylic acid groups (broad SMARTS) is 1. The molecule has 0 radical (unpaired) electrons. The van der Waals surface area contributed by atoms with Gasteiger partial charge in [-0.1, -0.05) is 29.3 Å². The maximum absolute atomic E-state index is 12.4. The number of anilines is 1. The molecule has 1 aliphatic rings. The highest BCUT2D eigenvalue weighted by molar-refractivity contribution is 6.39. The summed E-state index contributed by atoms with van der Waals surface area (Å²) >= 11 is 12.0. The largest absolute Gasteiger partial charge is 0.481 e. The average molecular weight is 368 g/mol. The van der Waals surface area contributed by atoms with Crippen molar-refractivity contribution in [2.75, 3.05) is 18.4 Å². The molecule has 0 unspecified atom stereocenters. The number of hydrogen-bond donors (Lipinski definition) is 2. The van der Waals surface area contributed by atoms with Crippen LogP contribution in [0.3, 0.4) is 0 Å². The molecule has 0 atom stereocenters. The lowest BCUT2D eigenvalue weighted by Gasteiger charge is -2.29.